The number of rotatable bonds is 1. The molecule has 3 aliphatic heterocycles. The van der Waals surface area contributed by atoms with Crippen molar-refractivity contribution in [2.24, 2.45) is 4.99 Å². The second kappa shape index (κ2) is 6.65. The SMILES string of the molecule is Brc1ccc(C2CCN3c4ccccc4C4=NCCCN4C23)cc1.Cl. The number of benzene rings is 2. The van der Waals surface area contributed by atoms with Crippen LogP contribution in [0.4, 0.5) is 5.69 Å². The molecule has 5 rings (SSSR count). The van der Waals surface area contributed by atoms with Gasteiger partial charge in [-0.2, -0.15) is 0 Å². The average molecular weight is 419 g/mol. The molecule has 0 aliphatic carbocycles. The molecule has 0 amide bonds. The minimum absolute atomic E-state index is 0. The van der Waals surface area contributed by atoms with Gasteiger partial charge in [0.2, 0.25) is 0 Å². The molecular weight excluding hydrogens is 398 g/mol. The Hall–Kier alpha value is -1.52. The summed E-state index contributed by atoms with van der Waals surface area (Å²) in [5, 5.41) is 0. The molecular formula is C20H21BrClN3. The van der Waals surface area contributed by atoms with Crippen LogP contribution in [0.2, 0.25) is 0 Å². The van der Waals surface area contributed by atoms with Gasteiger partial charge in [0.1, 0.15) is 12.0 Å². The molecule has 3 aliphatic rings. The molecule has 25 heavy (non-hydrogen) atoms. The molecule has 3 nitrogen and oxygen atoms in total. The fourth-order valence-electron chi connectivity index (χ4n) is 4.51. The molecule has 130 valence electrons. The summed E-state index contributed by atoms with van der Waals surface area (Å²) in [7, 11) is 0. The van der Waals surface area contributed by atoms with Crippen molar-refractivity contribution in [3.05, 3.63) is 64.1 Å². The molecule has 1 fully saturated rings. The molecule has 0 radical (unpaired) electrons. The van der Waals surface area contributed by atoms with E-state index in [1.165, 1.54) is 29.1 Å². The standard InChI is InChI=1S/C20H20BrN3.ClH/c21-15-8-6-14(7-9-15)16-10-13-23-18-5-2-1-4-17(18)19-22-11-3-12-24(19)20(16)23;/h1-2,4-9,16,20H,3,10-13H2;1H. The van der Waals surface area contributed by atoms with E-state index in [1.54, 1.807) is 0 Å². The highest BCUT2D eigenvalue weighted by atomic mass is 79.9. The van der Waals surface area contributed by atoms with Crippen molar-refractivity contribution >= 4 is 39.9 Å². The minimum Gasteiger partial charge on any atom is -0.350 e. The third-order valence-corrected chi connectivity index (χ3v) is 6.05. The minimum atomic E-state index is 0. The van der Waals surface area contributed by atoms with Crippen LogP contribution in [-0.4, -0.2) is 36.5 Å². The Morgan fingerprint density at radius 3 is 2.60 bits per heavy atom. The quantitative estimate of drug-likeness (QED) is 0.671. The van der Waals surface area contributed by atoms with Crippen molar-refractivity contribution in [3.8, 4) is 0 Å². The second-order valence-electron chi connectivity index (χ2n) is 6.82. The first-order valence-corrected chi connectivity index (χ1v) is 9.55. The Morgan fingerprint density at radius 2 is 1.76 bits per heavy atom. The molecule has 2 aromatic rings. The number of amidine groups is 1. The van der Waals surface area contributed by atoms with Gasteiger partial charge in [-0.3, -0.25) is 4.99 Å². The summed E-state index contributed by atoms with van der Waals surface area (Å²) in [5.41, 5.74) is 4.11. The lowest BCUT2D eigenvalue weighted by Crippen LogP contribution is -2.56. The molecule has 2 aromatic carbocycles. The zero-order valence-corrected chi connectivity index (χ0v) is 16.3. The van der Waals surface area contributed by atoms with Gasteiger partial charge < -0.3 is 9.80 Å². The number of aliphatic imine (C=N–C) groups is 1. The van der Waals surface area contributed by atoms with Crippen LogP contribution in [0, 0.1) is 0 Å². The van der Waals surface area contributed by atoms with Gasteiger partial charge in [-0.1, -0.05) is 40.2 Å². The van der Waals surface area contributed by atoms with E-state index < -0.39 is 0 Å². The van der Waals surface area contributed by atoms with E-state index in [0.717, 1.165) is 30.5 Å². The number of hydrogen-bond donors (Lipinski definition) is 0. The zero-order valence-electron chi connectivity index (χ0n) is 13.9. The fourth-order valence-corrected chi connectivity index (χ4v) is 4.77. The summed E-state index contributed by atoms with van der Waals surface area (Å²) < 4.78 is 1.15. The molecule has 2 unspecified atom stereocenters. The van der Waals surface area contributed by atoms with Gasteiger partial charge in [0.05, 0.1) is 0 Å². The molecule has 5 heteroatoms. The van der Waals surface area contributed by atoms with E-state index in [4.69, 9.17) is 4.99 Å². The highest BCUT2D eigenvalue weighted by Gasteiger charge is 2.45. The normalized spacial score (nSPS) is 24.0. The lowest BCUT2D eigenvalue weighted by Gasteiger charge is -2.47. The molecule has 0 bridgehead atoms. The number of para-hydroxylation sites is 1. The van der Waals surface area contributed by atoms with Crippen LogP contribution in [0.25, 0.3) is 0 Å². The van der Waals surface area contributed by atoms with Crippen molar-refractivity contribution < 1.29 is 0 Å². The molecule has 0 aromatic heterocycles. The Balaban J connectivity index is 0.00000157. The maximum atomic E-state index is 4.90. The number of nitrogens with zero attached hydrogens (tertiary/aromatic N) is 3. The summed E-state index contributed by atoms with van der Waals surface area (Å²) in [6, 6.07) is 17.7. The van der Waals surface area contributed by atoms with Crippen LogP contribution >= 0.6 is 28.3 Å². The highest BCUT2D eigenvalue weighted by Crippen LogP contribution is 2.44. The van der Waals surface area contributed by atoms with Crippen LogP contribution in [0.15, 0.2) is 58.0 Å². The van der Waals surface area contributed by atoms with E-state index in [2.05, 4.69) is 74.3 Å². The maximum Gasteiger partial charge on any atom is 0.134 e. The Kier molecular flexibility index (Phi) is 4.50. The van der Waals surface area contributed by atoms with Gasteiger partial charge >= 0.3 is 0 Å². The third-order valence-electron chi connectivity index (χ3n) is 5.52. The second-order valence-corrected chi connectivity index (χ2v) is 7.74. The van der Waals surface area contributed by atoms with Gasteiger partial charge in [-0.15, -0.1) is 12.4 Å². The number of halogens is 2. The van der Waals surface area contributed by atoms with Gasteiger partial charge in [-0.05, 0) is 42.7 Å². The summed E-state index contributed by atoms with van der Waals surface area (Å²) in [5.74, 6) is 1.75. The van der Waals surface area contributed by atoms with Gasteiger partial charge in [0.25, 0.3) is 0 Å². The first-order valence-electron chi connectivity index (χ1n) is 8.75. The Morgan fingerprint density at radius 1 is 0.960 bits per heavy atom. The highest BCUT2D eigenvalue weighted by molar-refractivity contribution is 9.10. The van der Waals surface area contributed by atoms with Crippen molar-refractivity contribution in [1.82, 2.24) is 4.90 Å². The van der Waals surface area contributed by atoms with E-state index in [9.17, 15) is 0 Å². The van der Waals surface area contributed by atoms with Gasteiger partial charge in [-0.25, -0.2) is 0 Å². The van der Waals surface area contributed by atoms with Crippen molar-refractivity contribution in [2.75, 3.05) is 24.5 Å². The maximum absolute atomic E-state index is 4.90. The van der Waals surface area contributed by atoms with Gasteiger partial charge in [0, 0.05) is 41.3 Å². The van der Waals surface area contributed by atoms with Gasteiger partial charge in [0.15, 0.2) is 0 Å². The lowest BCUT2D eigenvalue weighted by atomic mass is 9.92. The summed E-state index contributed by atoms with van der Waals surface area (Å²) in [4.78, 5) is 10.1. The van der Waals surface area contributed by atoms with E-state index >= 15 is 0 Å². The first kappa shape index (κ1) is 16.9. The summed E-state index contributed by atoms with van der Waals surface area (Å²) in [6.45, 7) is 3.18. The summed E-state index contributed by atoms with van der Waals surface area (Å²) in [6.07, 6.45) is 2.76. The first-order chi connectivity index (χ1) is 11.8. The fraction of sp³-hybridized carbons (Fsp3) is 0.350. The summed E-state index contributed by atoms with van der Waals surface area (Å²) >= 11 is 3.56. The van der Waals surface area contributed by atoms with Crippen LogP contribution < -0.4 is 4.90 Å². The van der Waals surface area contributed by atoms with Crippen molar-refractivity contribution in [2.45, 2.75) is 24.9 Å². The molecule has 1 saturated heterocycles. The topological polar surface area (TPSA) is 18.8 Å². The number of fused-ring (bicyclic) bond motifs is 6. The lowest BCUT2D eigenvalue weighted by molar-refractivity contribution is 0.275. The molecule has 0 saturated carbocycles. The van der Waals surface area contributed by atoms with E-state index in [-0.39, 0.29) is 12.4 Å². The Labute approximate surface area is 163 Å². The molecule has 0 N–H and O–H groups in total. The monoisotopic (exact) mass is 417 g/mol. The number of anilines is 1. The molecule has 2 atom stereocenters. The predicted octanol–water partition coefficient (Wildman–Crippen LogP) is 4.66. The van der Waals surface area contributed by atoms with Crippen LogP contribution in [0.5, 0.6) is 0 Å². The average Bonchev–Trinajstić information content (AvgIpc) is 3.08. The molecule has 0 spiro atoms. The predicted molar refractivity (Wildman–Crippen MR) is 109 cm³/mol. The molecule has 3 heterocycles. The van der Waals surface area contributed by atoms with E-state index in [1.807, 2.05) is 0 Å². The zero-order chi connectivity index (χ0) is 16.1. The van der Waals surface area contributed by atoms with E-state index in [0.29, 0.717) is 12.1 Å². The Bertz CT molecular complexity index is 805. The number of hydrogen-bond acceptors (Lipinski definition) is 3. The van der Waals surface area contributed by atoms with Crippen molar-refractivity contribution in [3.63, 3.8) is 0 Å². The third kappa shape index (κ3) is 2.67. The smallest absolute Gasteiger partial charge is 0.134 e. The van der Waals surface area contributed by atoms with Crippen LogP contribution in [-0.2, 0) is 0 Å². The largest absolute Gasteiger partial charge is 0.350 e. The van der Waals surface area contributed by atoms with Crippen LogP contribution in [0.1, 0.15) is 29.9 Å². The van der Waals surface area contributed by atoms with Crippen LogP contribution in [0.3, 0.4) is 0 Å². The van der Waals surface area contributed by atoms with Crippen molar-refractivity contribution in [1.29, 1.82) is 0 Å².